The molecule has 3 nitrogen and oxygen atoms in total. The molecular formula is C17H15Cl4NO2. The van der Waals surface area contributed by atoms with E-state index in [-0.39, 0.29) is 17.7 Å². The molecule has 0 unspecified atom stereocenters. The molecular weight excluding hydrogens is 392 g/mol. The number of nitrogens with two attached hydrogens (primary N) is 1. The minimum Gasteiger partial charge on any atom is -0.489 e. The Balaban J connectivity index is 1.96. The van der Waals surface area contributed by atoms with Crippen molar-refractivity contribution >= 4 is 52.1 Å². The van der Waals surface area contributed by atoms with Crippen LogP contribution in [0.2, 0.25) is 10.0 Å². The first kappa shape index (κ1) is 19.2. The molecule has 0 fully saturated rings. The van der Waals surface area contributed by atoms with Crippen molar-refractivity contribution < 1.29 is 9.47 Å². The fraction of sp³-hybridized carbons (Fsp3) is 0.176. The Morgan fingerprint density at radius 2 is 1.75 bits per heavy atom. The van der Waals surface area contributed by atoms with E-state index in [2.05, 4.69) is 0 Å². The summed E-state index contributed by atoms with van der Waals surface area (Å²) in [7, 11) is 0. The third-order valence-corrected chi connectivity index (χ3v) is 4.05. The van der Waals surface area contributed by atoms with Gasteiger partial charge in [-0.1, -0.05) is 58.5 Å². The maximum absolute atomic E-state index is 6.25. The minimum absolute atomic E-state index is 0.138. The largest absolute Gasteiger partial charge is 0.489 e. The zero-order valence-corrected chi connectivity index (χ0v) is 15.6. The van der Waals surface area contributed by atoms with Crippen molar-refractivity contribution in [2.45, 2.75) is 13.2 Å². The number of hydrogen-bond acceptors (Lipinski definition) is 3. The van der Waals surface area contributed by atoms with Crippen LogP contribution in [0.15, 0.2) is 47.0 Å². The SMILES string of the molecule is Nc1cccc(COCc2c(Cl)cc(OCC=C(Cl)Cl)cc2Cl)c1. The van der Waals surface area contributed by atoms with Gasteiger partial charge in [0, 0.05) is 11.3 Å². The lowest BCUT2D eigenvalue weighted by Gasteiger charge is -2.11. The standard InChI is InChI=1S/C17H15Cl4NO2/c18-15-7-13(24-5-4-17(20)21)8-16(19)14(15)10-23-9-11-2-1-3-12(22)6-11/h1-4,6-8H,5,9-10,22H2. The van der Waals surface area contributed by atoms with Gasteiger partial charge in [0.15, 0.2) is 0 Å². The van der Waals surface area contributed by atoms with Gasteiger partial charge in [-0.25, -0.2) is 0 Å². The van der Waals surface area contributed by atoms with Gasteiger partial charge in [-0.05, 0) is 35.9 Å². The van der Waals surface area contributed by atoms with Crippen molar-refractivity contribution in [3.63, 3.8) is 0 Å². The summed E-state index contributed by atoms with van der Waals surface area (Å²) in [6.07, 6.45) is 1.52. The first-order valence-corrected chi connectivity index (χ1v) is 8.51. The van der Waals surface area contributed by atoms with Gasteiger partial charge in [0.25, 0.3) is 0 Å². The molecule has 2 aromatic carbocycles. The van der Waals surface area contributed by atoms with Crippen molar-refractivity contribution in [1.82, 2.24) is 0 Å². The highest BCUT2D eigenvalue weighted by molar-refractivity contribution is 6.55. The molecule has 0 aliphatic heterocycles. The molecule has 7 heteroatoms. The predicted molar refractivity (Wildman–Crippen MR) is 101 cm³/mol. The minimum atomic E-state index is 0.138. The maximum Gasteiger partial charge on any atom is 0.122 e. The molecule has 2 N–H and O–H groups in total. The van der Waals surface area contributed by atoms with E-state index < -0.39 is 0 Å². The van der Waals surface area contributed by atoms with Crippen LogP contribution in [0.3, 0.4) is 0 Å². The Labute approximate surface area is 160 Å². The van der Waals surface area contributed by atoms with E-state index in [0.717, 1.165) is 5.56 Å². The second-order valence-corrected chi connectivity index (χ2v) is 6.73. The van der Waals surface area contributed by atoms with E-state index in [1.165, 1.54) is 6.08 Å². The molecule has 2 rings (SSSR count). The van der Waals surface area contributed by atoms with Crippen LogP contribution in [-0.2, 0) is 18.0 Å². The number of ether oxygens (including phenoxy) is 2. The van der Waals surface area contributed by atoms with Gasteiger partial charge >= 0.3 is 0 Å². The Morgan fingerprint density at radius 1 is 1.04 bits per heavy atom. The maximum atomic E-state index is 6.25. The average Bonchev–Trinajstić information content (AvgIpc) is 2.50. The second kappa shape index (κ2) is 9.40. The van der Waals surface area contributed by atoms with Crippen molar-refractivity contribution in [3.05, 3.63) is 68.1 Å². The Kier molecular flexibility index (Phi) is 7.53. The summed E-state index contributed by atoms with van der Waals surface area (Å²) >= 11 is 23.5. The number of benzene rings is 2. The highest BCUT2D eigenvalue weighted by atomic mass is 35.5. The Morgan fingerprint density at radius 3 is 2.38 bits per heavy atom. The Bertz CT molecular complexity index is 707. The van der Waals surface area contributed by atoms with E-state index >= 15 is 0 Å². The normalized spacial score (nSPS) is 10.5. The van der Waals surface area contributed by atoms with Gasteiger partial charge in [-0.2, -0.15) is 0 Å². The molecule has 2 aromatic rings. The summed E-state index contributed by atoms with van der Waals surface area (Å²) in [5, 5.41) is 0.928. The molecule has 0 aliphatic rings. The van der Waals surface area contributed by atoms with Crippen LogP contribution >= 0.6 is 46.4 Å². The topological polar surface area (TPSA) is 44.5 Å². The van der Waals surface area contributed by atoms with Crippen LogP contribution in [0.4, 0.5) is 5.69 Å². The zero-order chi connectivity index (χ0) is 17.5. The summed E-state index contributed by atoms with van der Waals surface area (Å²) in [6, 6.07) is 10.8. The molecule has 0 heterocycles. The van der Waals surface area contributed by atoms with E-state index in [1.54, 1.807) is 12.1 Å². The van der Waals surface area contributed by atoms with Gasteiger partial charge in [0.2, 0.25) is 0 Å². The molecule has 0 saturated heterocycles. The number of anilines is 1. The fourth-order valence-corrected chi connectivity index (χ4v) is 2.66. The fourth-order valence-electron chi connectivity index (χ4n) is 1.96. The van der Waals surface area contributed by atoms with Gasteiger partial charge in [0.05, 0.1) is 23.3 Å². The zero-order valence-electron chi connectivity index (χ0n) is 12.6. The third kappa shape index (κ3) is 6.08. The Hall–Kier alpha value is -1.10. The van der Waals surface area contributed by atoms with Crippen molar-refractivity contribution in [2.24, 2.45) is 0 Å². The molecule has 24 heavy (non-hydrogen) atoms. The lowest BCUT2D eigenvalue weighted by molar-refractivity contribution is 0.107. The van der Waals surface area contributed by atoms with Crippen LogP contribution in [0.5, 0.6) is 5.75 Å². The van der Waals surface area contributed by atoms with Crippen LogP contribution in [-0.4, -0.2) is 6.61 Å². The number of hydrogen-bond donors (Lipinski definition) is 1. The quantitative estimate of drug-likeness (QED) is 0.574. The number of rotatable bonds is 7. The average molecular weight is 407 g/mol. The van der Waals surface area contributed by atoms with Crippen molar-refractivity contribution in [3.8, 4) is 5.75 Å². The molecule has 0 aromatic heterocycles. The van der Waals surface area contributed by atoms with E-state index in [4.69, 9.17) is 61.6 Å². The smallest absolute Gasteiger partial charge is 0.122 e. The van der Waals surface area contributed by atoms with Crippen LogP contribution in [0, 0.1) is 0 Å². The third-order valence-electron chi connectivity index (χ3n) is 3.07. The summed E-state index contributed by atoms with van der Waals surface area (Å²) in [5.41, 5.74) is 8.10. The lowest BCUT2D eigenvalue weighted by atomic mass is 10.2. The monoisotopic (exact) mass is 405 g/mol. The van der Waals surface area contributed by atoms with Crippen LogP contribution in [0.25, 0.3) is 0 Å². The first-order chi connectivity index (χ1) is 11.5. The van der Waals surface area contributed by atoms with E-state index in [0.29, 0.717) is 33.7 Å². The molecule has 128 valence electrons. The first-order valence-electron chi connectivity index (χ1n) is 6.99. The molecule has 0 aliphatic carbocycles. The van der Waals surface area contributed by atoms with E-state index in [1.807, 2.05) is 24.3 Å². The second-order valence-electron chi connectivity index (χ2n) is 4.91. The summed E-state index contributed by atoms with van der Waals surface area (Å²) in [4.78, 5) is 0. The highest BCUT2D eigenvalue weighted by Crippen LogP contribution is 2.31. The highest BCUT2D eigenvalue weighted by Gasteiger charge is 2.10. The van der Waals surface area contributed by atoms with Gasteiger partial charge in [-0.3, -0.25) is 0 Å². The summed E-state index contributed by atoms with van der Waals surface area (Å²) in [6.45, 7) is 0.912. The molecule has 0 radical (unpaired) electrons. The molecule has 0 bridgehead atoms. The van der Waals surface area contributed by atoms with Crippen LogP contribution in [0.1, 0.15) is 11.1 Å². The number of nitrogen functional groups attached to an aromatic ring is 1. The molecule has 0 saturated carbocycles. The summed E-state index contributed by atoms with van der Waals surface area (Å²) in [5.74, 6) is 0.524. The van der Waals surface area contributed by atoms with Gasteiger partial charge in [-0.15, -0.1) is 0 Å². The van der Waals surface area contributed by atoms with Gasteiger partial charge in [0.1, 0.15) is 16.8 Å². The lowest BCUT2D eigenvalue weighted by Crippen LogP contribution is -1.99. The van der Waals surface area contributed by atoms with Crippen molar-refractivity contribution in [1.29, 1.82) is 0 Å². The predicted octanol–water partition coefficient (Wildman–Crippen LogP) is 5.99. The summed E-state index contributed by atoms with van der Waals surface area (Å²) < 4.78 is 11.3. The molecule has 0 spiro atoms. The number of halogens is 4. The molecule has 0 amide bonds. The van der Waals surface area contributed by atoms with E-state index in [9.17, 15) is 0 Å². The van der Waals surface area contributed by atoms with Crippen molar-refractivity contribution in [2.75, 3.05) is 12.3 Å². The molecule has 0 atom stereocenters. The van der Waals surface area contributed by atoms with Crippen LogP contribution < -0.4 is 10.5 Å². The van der Waals surface area contributed by atoms with Gasteiger partial charge < -0.3 is 15.2 Å².